The molecule has 0 aliphatic carbocycles. The maximum Gasteiger partial charge on any atom is 0.356 e. The van der Waals surface area contributed by atoms with Crippen LogP contribution in [0.1, 0.15) is 37.7 Å². The van der Waals surface area contributed by atoms with Crippen LogP contribution in [0.25, 0.3) is 0 Å². The van der Waals surface area contributed by atoms with Gasteiger partial charge in [0.05, 0.1) is 5.69 Å². The number of hydrogen-bond donors (Lipinski definition) is 1. The highest BCUT2D eigenvalue weighted by Gasteiger charge is 2.25. The van der Waals surface area contributed by atoms with E-state index in [2.05, 4.69) is 25.8 Å². The Morgan fingerprint density at radius 2 is 2.19 bits per heavy atom. The van der Waals surface area contributed by atoms with Crippen molar-refractivity contribution < 1.29 is 9.90 Å². The molecule has 1 N–H and O–H groups in total. The number of anilines is 1. The number of rotatable bonds is 4. The van der Waals surface area contributed by atoms with Gasteiger partial charge in [0.15, 0.2) is 5.69 Å². The van der Waals surface area contributed by atoms with Gasteiger partial charge in [0.2, 0.25) is 0 Å². The molecular formula is C12H18N2O2. The monoisotopic (exact) mass is 222 g/mol. The fraction of sp³-hybridized carbons (Fsp3) is 0.500. The van der Waals surface area contributed by atoms with E-state index >= 15 is 0 Å². The lowest BCUT2D eigenvalue weighted by Crippen LogP contribution is -2.41. The molecule has 0 spiro atoms. The van der Waals surface area contributed by atoms with Crippen LogP contribution in [0.3, 0.4) is 0 Å². The second kappa shape index (κ2) is 4.51. The van der Waals surface area contributed by atoms with Crippen molar-refractivity contribution in [2.24, 2.45) is 0 Å². The van der Waals surface area contributed by atoms with Crippen LogP contribution >= 0.6 is 0 Å². The third-order valence-corrected chi connectivity index (χ3v) is 3.12. The highest BCUT2D eigenvalue weighted by atomic mass is 16.4. The third kappa shape index (κ3) is 2.32. The molecule has 0 radical (unpaired) electrons. The van der Waals surface area contributed by atoms with Crippen LogP contribution in [-0.2, 0) is 0 Å². The zero-order valence-corrected chi connectivity index (χ0v) is 10.2. The average Bonchev–Trinajstić information content (AvgIpc) is 2.28. The summed E-state index contributed by atoms with van der Waals surface area (Å²) >= 11 is 0. The molecule has 0 aliphatic heterocycles. The van der Waals surface area contributed by atoms with Crippen molar-refractivity contribution in [3.05, 3.63) is 24.0 Å². The Morgan fingerprint density at radius 1 is 1.56 bits per heavy atom. The summed E-state index contributed by atoms with van der Waals surface area (Å²) in [6.45, 7) is 6.23. The van der Waals surface area contributed by atoms with Crippen LogP contribution < -0.4 is 4.90 Å². The molecule has 1 aromatic rings. The normalized spacial score (nSPS) is 11.2. The second-order valence-electron chi connectivity index (χ2n) is 4.40. The first-order valence-corrected chi connectivity index (χ1v) is 5.32. The van der Waals surface area contributed by atoms with E-state index in [4.69, 9.17) is 5.11 Å². The maximum atomic E-state index is 11.1. The van der Waals surface area contributed by atoms with E-state index < -0.39 is 5.97 Å². The number of aromatic nitrogens is 1. The van der Waals surface area contributed by atoms with Crippen molar-refractivity contribution in [3.8, 4) is 0 Å². The van der Waals surface area contributed by atoms with Gasteiger partial charge < -0.3 is 10.0 Å². The Hall–Kier alpha value is -1.58. The predicted molar refractivity (Wildman–Crippen MR) is 64.0 cm³/mol. The molecule has 0 amide bonds. The van der Waals surface area contributed by atoms with E-state index in [1.165, 1.54) is 6.20 Å². The molecule has 4 heteroatoms. The molecule has 0 unspecified atom stereocenters. The first kappa shape index (κ1) is 12.5. The fourth-order valence-electron chi connectivity index (χ4n) is 1.40. The van der Waals surface area contributed by atoms with E-state index in [0.29, 0.717) is 5.69 Å². The Morgan fingerprint density at radius 3 is 2.69 bits per heavy atom. The summed E-state index contributed by atoms with van der Waals surface area (Å²) in [5.41, 5.74) is 0.668. The summed E-state index contributed by atoms with van der Waals surface area (Å²) in [5, 5.41) is 9.06. The molecule has 0 saturated heterocycles. The Bertz CT molecular complexity index is 388. The largest absolute Gasteiger partial charge is 0.476 e. The number of carboxylic acid groups (broad SMARTS) is 1. The SMILES string of the molecule is CCC(C)(C)N(C)c1cccnc1C(=O)O. The number of hydrogen-bond acceptors (Lipinski definition) is 3. The minimum atomic E-state index is -0.991. The van der Waals surface area contributed by atoms with Gasteiger partial charge in [-0.05, 0) is 32.4 Å². The fourth-order valence-corrected chi connectivity index (χ4v) is 1.40. The minimum absolute atomic E-state index is 0.0900. The van der Waals surface area contributed by atoms with Gasteiger partial charge in [-0.2, -0.15) is 0 Å². The smallest absolute Gasteiger partial charge is 0.356 e. The van der Waals surface area contributed by atoms with Gasteiger partial charge in [-0.1, -0.05) is 6.92 Å². The summed E-state index contributed by atoms with van der Waals surface area (Å²) in [5.74, 6) is -0.991. The summed E-state index contributed by atoms with van der Waals surface area (Å²) < 4.78 is 0. The molecular weight excluding hydrogens is 204 g/mol. The number of carboxylic acids is 1. The van der Waals surface area contributed by atoms with Gasteiger partial charge in [0.25, 0.3) is 0 Å². The zero-order valence-electron chi connectivity index (χ0n) is 10.2. The summed E-state index contributed by atoms with van der Waals surface area (Å²) in [6, 6.07) is 3.54. The van der Waals surface area contributed by atoms with Gasteiger partial charge in [-0.15, -0.1) is 0 Å². The van der Waals surface area contributed by atoms with Crippen LogP contribution in [0.4, 0.5) is 5.69 Å². The van der Waals surface area contributed by atoms with Crippen LogP contribution in [0.2, 0.25) is 0 Å². The topological polar surface area (TPSA) is 53.4 Å². The molecule has 0 aromatic carbocycles. The highest BCUT2D eigenvalue weighted by Crippen LogP contribution is 2.26. The van der Waals surface area contributed by atoms with Crippen LogP contribution in [0, 0.1) is 0 Å². The predicted octanol–water partition coefficient (Wildman–Crippen LogP) is 2.40. The molecule has 0 aliphatic rings. The van der Waals surface area contributed by atoms with Crippen molar-refractivity contribution in [2.45, 2.75) is 32.7 Å². The number of nitrogens with zero attached hydrogens (tertiary/aromatic N) is 2. The van der Waals surface area contributed by atoms with Crippen LogP contribution in [0.5, 0.6) is 0 Å². The van der Waals surface area contributed by atoms with Crippen LogP contribution in [0.15, 0.2) is 18.3 Å². The van der Waals surface area contributed by atoms with Crippen molar-refractivity contribution in [1.29, 1.82) is 0 Å². The number of pyridine rings is 1. The first-order valence-electron chi connectivity index (χ1n) is 5.32. The standard InChI is InChI=1S/C12H18N2O2/c1-5-12(2,3)14(4)9-7-6-8-13-10(9)11(15)16/h6-8H,5H2,1-4H3,(H,15,16). The number of aromatic carboxylic acids is 1. The Kier molecular flexibility index (Phi) is 3.52. The average molecular weight is 222 g/mol. The quantitative estimate of drug-likeness (QED) is 0.850. The summed E-state index contributed by atoms with van der Waals surface area (Å²) in [7, 11) is 1.90. The van der Waals surface area contributed by atoms with E-state index in [1.54, 1.807) is 12.1 Å². The third-order valence-electron chi connectivity index (χ3n) is 3.12. The van der Waals surface area contributed by atoms with E-state index in [9.17, 15) is 4.79 Å². The molecule has 4 nitrogen and oxygen atoms in total. The molecule has 0 atom stereocenters. The van der Waals surface area contributed by atoms with E-state index in [-0.39, 0.29) is 11.2 Å². The Balaban J connectivity index is 3.18. The first-order chi connectivity index (χ1) is 7.40. The molecule has 1 rings (SSSR count). The Labute approximate surface area is 95.9 Å². The molecule has 88 valence electrons. The lowest BCUT2D eigenvalue weighted by atomic mass is 9.99. The zero-order chi connectivity index (χ0) is 12.3. The molecule has 0 bridgehead atoms. The van der Waals surface area contributed by atoms with E-state index in [1.807, 2.05) is 11.9 Å². The van der Waals surface area contributed by atoms with Gasteiger partial charge in [0, 0.05) is 18.8 Å². The lowest BCUT2D eigenvalue weighted by molar-refractivity contribution is 0.0691. The molecule has 1 aromatic heterocycles. The van der Waals surface area contributed by atoms with Crippen molar-refractivity contribution in [3.63, 3.8) is 0 Å². The van der Waals surface area contributed by atoms with Crippen LogP contribution in [-0.4, -0.2) is 28.6 Å². The molecule has 0 saturated carbocycles. The minimum Gasteiger partial charge on any atom is -0.476 e. The molecule has 0 fully saturated rings. The lowest BCUT2D eigenvalue weighted by Gasteiger charge is -2.37. The van der Waals surface area contributed by atoms with E-state index in [0.717, 1.165) is 6.42 Å². The number of carbonyl (C=O) groups is 1. The van der Waals surface area contributed by atoms with Gasteiger partial charge in [-0.25, -0.2) is 9.78 Å². The summed E-state index contributed by atoms with van der Waals surface area (Å²) in [6.07, 6.45) is 2.43. The van der Waals surface area contributed by atoms with Crippen molar-refractivity contribution in [2.75, 3.05) is 11.9 Å². The van der Waals surface area contributed by atoms with Gasteiger partial charge in [0.1, 0.15) is 0 Å². The molecule has 16 heavy (non-hydrogen) atoms. The van der Waals surface area contributed by atoms with Gasteiger partial charge in [-0.3, -0.25) is 0 Å². The van der Waals surface area contributed by atoms with Crippen molar-refractivity contribution >= 4 is 11.7 Å². The highest BCUT2D eigenvalue weighted by molar-refractivity contribution is 5.92. The molecule has 1 heterocycles. The summed E-state index contributed by atoms with van der Waals surface area (Å²) in [4.78, 5) is 16.9. The van der Waals surface area contributed by atoms with Gasteiger partial charge >= 0.3 is 5.97 Å². The second-order valence-corrected chi connectivity index (χ2v) is 4.40. The van der Waals surface area contributed by atoms with Crippen molar-refractivity contribution in [1.82, 2.24) is 4.98 Å². The maximum absolute atomic E-state index is 11.1.